The Hall–Kier alpha value is -1.67. The van der Waals surface area contributed by atoms with E-state index in [1.807, 2.05) is 4.90 Å². The molecule has 6 unspecified atom stereocenters. The maximum absolute atomic E-state index is 13.6. The molecule has 3 aliphatic carbocycles. The molecule has 5 rings (SSSR count). The smallest absolute Gasteiger partial charge is 0.320 e. The van der Waals surface area contributed by atoms with Gasteiger partial charge in [-0.25, -0.2) is 0 Å². The average molecular weight is 450 g/mol. The summed E-state index contributed by atoms with van der Waals surface area (Å²) in [7, 11) is 0. The van der Waals surface area contributed by atoms with Crippen LogP contribution in [0.3, 0.4) is 0 Å². The number of nitrogens with zero attached hydrogens (tertiary/aromatic N) is 1. The van der Waals surface area contributed by atoms with Crippen LogP contribution in [0.5, 0.6) is 0 Å². The molecule has 0 N–H and O–H groups in total. The number of hydrogen-bond acceptors (Lipinski definition) is 8. The van der Waals surface area contributed by atoms with Gasteiger partial charge in [0.25, 0.3) is 0 Å². The molecule has 6 atom stereocenters. The molecule has 0 aromatic carbocycles. The van der Waals surface area contributed by atoms with E-state index in [9.17, 15) is 14.4 Å². The van der Waals surface area contributed by atoms with Crippen molar-refractivity contribution in [2.75, 3.05) is 39.5 Å². The van der Waals surface area contributed by atoms with Gasteiger partial charge in [0, 0.05) is 24.9 Å². The molecule has 0 radical (unpaired) electrons. The van der Waals surface area contributed by atoms with E-state index in [1.54, 1.807) is 0 Å². The predicted molar refractivity (Wildman–Crippen MR) is 112 cm³/mol. The zero-order valence-electron chi connectivity index (χ0n) is 19.0. The molecule has 178 valence electrons. The highest BCUT2D eigenvalue weighted by Gasteiger charge is 2.67. The van der Waals surface area contributed by atoms with Gasteiger partial charge in [-0.05, 0) is 44.4 Å². The fourth-order valence-corrected chi connectivity index (χ4v) is 6.93. The van der Waals surface area contributed by atoms with Crippen molar-refractivity contribution in [2.45, 2.75) is 63.6 Å². The van der Waals surface area contributed by atoms with Crippen molar-refractivity contribution >= 4 is 17.9 Å². The van der Waals surface area contributed by atoms with Crippen LogP contribution in [0.25, 0.3) is 0 Å². The van der Waals surface area contributed by atoms with Crippen molar-refractivity contribution < 1.29 is 33.3 Å². The molecule has 2 heterocycles. The summed E-state index contributed by atoms with van der Waals surface area (Å²) < 4.78 is 22.9. The second-order valence-electron chi connectivity index (χ2n) is 10.3. The largest absolute Gasteiger partial charge is 0.465 e. The van der Waals surface area contributed by atoms with Gasteiger partial charge in [-0.2, -0.15) is 0 Å². The molecular weight excluding hydrogens is 414 g/mol. The summed E-state index contributed by atoms with van der Waals surface area (Å²) in [5.74, 6) is -1.80. The molecule has 0 aromatic heterocycles. The summed E-state index contributed by atoms with van der Waals surface area (Å²) in [6.07, 6.45) is 6.03. The quantitative estimate of drug-likeness (QED) is 0.449. The van der Waals surface area contributed by atoms with Crippen molar-refractivity contribution in [2.24, 2.45) is 29.6 Å². The molecule has 32 heavy (non-hydrogen) atoms. The van der Waals surface area contributed by atoms with Crippen LogP contribution < -0.4 is 0 Å². The van der Waals surface area contributed by atoms with E-state index in [2.05, 4.69) is 6.92 Å². The first kappa shape index (κ1) is 22.1. The summed E-state index contributed by atoms with van der Waals surface area (Å²) >= 11 is 0. The fourth-order valence-electron chi connectivity index (χ4n) is 6.93. The van der Waals surface area contributed by atoms with Crippen LogP contribution in [0.4, 0.5) is 0 Å². The third-order valence-electron chi connectivity index (χ3n) is 8.67. The number of morpholine rings is 1. The van der Waals surface area contributed by atoms with E-state index in [0.717, 1.165) is 38.5 Å². The Balaban J connectivity index is 1.32. The summed E-state index contributed by atoms with van der Waals surface area (Å²) in [5.41, 5.74) is -0.422. The van der Waals surface area contributed by atoms with Gasteiger partial charge in [0.1, 0.15) is 11.7 Å². The number of carbonyl (C=O) groups is 3. The van der Waals surface area contributed by atoms with Crippen LogP contribution >= 0.6 is 0 Å². The summed E-state index contributed by atoms with van der Waals surface area (Å²) in [6.45, 7) is 5.25. The highest BCUT2D eigenvalue weighted by Crippen LogP contribution is 2.59. The highest BCUT2D eigenvalue weighted by atomic mass is 16.6. The highest BCUT2D eigenvalue weighted by molar-refractivity contribution is 5.81. The van der Waals surface area contributed by atoms with Crippen LogP contribution in [0.15, 0.2) is 0 Å². The number of esters is 3. The minimum absolute atomic E-state index is 0.0217. The Kier molecular flexibility index (Phi) is 6.18. The van der Waals surface area contributed by atoms with Gasteiger partial charge >= 0.3 is 17.9 Å². The Labute approximate surface area is 189 Å². The Morgan fingerprint density at radius 3 is 2.56 bits per heavy atom. The maximum Gasteiger partial charge on any atom is 0.320 e. The third kappa shape index (κ3) is 3.94. The van der Waals surface area contributed by atoms with Crippen LogP contribution in [-0.4, -0.2) is 74.0 Å². The molecule has 8 nitrogen and oxygen atoms in total. The molecular formula is C24H35NO7. The topological polar surface area (TPSA) is 91.4 Å². The van der Waals surface area contributed by atoms with Crippen molar-refractivity contribution in [3.63, 3.8) is 0 Å². The molecule has 2 bridgehead atoms. The van der Waals surface area contributed by atoms with Crippen LogP contribution in [0, 0.1) is 29.6 Å². The fraction of sp³-hybridized carbons (Fsp3) is 0.875. The minimum atomic E-state index is -0.578. The number of rotatable bonds is 6. The molecule has 0 amide bonds. The van der Waals surface area contributed by atoms with E-state index >= 15 is 0 Å². The first-order valence-electron chi connectivity index (χ1n) is 12.4. The van der Waals surface area contributed by atoms with E-state index in [1.165, 1.54) is 6.42 Å². The Bertz CT molecular complexity index is 743. The number of carbonyl (C=O) groups excluding carboxylic acids is 3. The number of hydrogen-bond donors (Lipinski definition) is 0. The predicted octanol–water partition coefficient (Wildman–Crippen LogP) is 1.94. The molecule has 2 saturated heterocycles. The average Bonchev–Trinajstić information content (AvgIpc) is 3.47. The SMILES string of the molecule is CCC1(OC(=O)C2C3CC(C4COC(=O)C43)C2OC(=O)CN2CCOCC2)CCCCC1. The molecule has 8 heteroatoms. The number of ether oxygens (including phenoxy) is 4. The lowest BCUT2D eigenvalue weighted by atomic mass is 9.73. The normalized spacial score (nSPS) is 38.2. The lowest BCUT2D eigenvalue weighted by Gasteiger charge is -2.40. The number of fused-ring (bicyclic) bond motifs is 5. The van der Waals surface area contributed by atoms with Gasteiger partial charge in [-0.15, -0.1) is 0 Å². The van der Waals surface area contributed by atoms with Crippen LogP contribution in [0.2, 0.25) is 0 Å². The van der Waals surface area contributed by atoms with Crippen LogP contribution in [-0.2, 0) is 33.3 Å². The number of cyclic esters (lactones) is 1. The lowest BCUT2D eigenvalue weighted by molar-refractivity contribution is -0.182. The lowest BCUT2D eigenvalue weighted by Crippen LogP contribution is -2.49. The second kappa shape index (κ2) is 8.93. The van der Waals surface area contributed by atoms with Gasteiger partial charge in [0.2, 0.25) is 0 Å². The van der Waals surface area contributed by atoms with Gasteiger partial charge < -0.3 is 18.9 Å². The van der Waals surface area contributed by atoms with E-state index in [-0.39, 0.29) is 48.1 Å². The van der Waals surface area contributed by atoms with Gasteiger partial charge in [0.15, 0.2) is 0 Å². The van der Waals surface area contributed by atoms with Crippen molar-refractivity contribution in [1.82, 2.24) is 4.90 Å². The van der Waals surface area contributed by atoms with Crippen molar-refractivity contribution in [3.8, 4) is 0 Å². The maximum atomic E-state index is 13.6. The first-order chi connectivity index (χ1) is 15.5. The minimum Gasteiger partial charge on any atom is -0.465 e. The standard InChI is InChI=1S/C24H35NO7/c1-2-24(6-4-3-5-7-24)32-23(28)20-16-12-15(17-14-30-22(27)19(16)17)21(20)31-18(26)13-25-8-10-29-11-9-25/h15-17,19-21H,2-14H2,1H3. The molecule has 5 fully saturated rings. The summed E-state index contributed by atoms with van der Waals surface area (Å²) in [4.78, 5) is 40.8. The Morgan fingerprint density at radius 1 is 1.09 bits per heavy atom. The van der Waals surface area contributed by atoms with Crippen molar-refractivity contribution in [1.29, 1.82) is 0 Å². The molecule has 0 aromatic rings. The van der Waals surface area contributed by atoms with Gasteiger partial charge in [0.05, 0.1) is 38.2 Å². The van der Waals surface area contributed by atoms with Gasteiger partial charge in [-0.1, -0.05) is 13.3 Å². The summed E-state index contributed by atoms with van der Waals surface area (Å²) in [5, 5.41) is 0. The van der Waals surface area contributed by atoms with Crippen molar-refractivity contribution in [3.05, 3.63) is 0 Å². The monoisotopic (exact) mass is 449 g/mol. The van der Waals surface area contributed by atoms with Crippen LogP contribution in [0.1, 0.15) is 51.9 Å². The first-order valence-corrected chi connectivity index (χ1v) is 12.4. The molecule has 3 saturated carbocycles. The third-order valence-corrected chi connectivity index (χ3v) is 8.67. The zero-order chi connectivity index (χ0) is 22.3. The molecule has 2 aliphatic heterocycles. The molecule has 5 aliphatic rings. The zero-order valence-corrected chi connectivity index (χ0v) is 19.0. The van der Waals surface area contributed by atoms with E-state index in [0.29, 0.717) is 32.9 Å². The van der Waals surface area contributed by atoms with Gasteiger partial charge in [-0.3, -0.25) is 19.3 Å². The van der Waals surface area contributed by atoms with E-state index in [4.69, 9.17) is 18.9 Å². The Morgan fingerprint density at radius 2 is 1.84 bits per heavy atom. The molecule has 0 spiro atoms. The second-order valence-corrected chi connectivity index (χ2v) is 10.3. The summed E-state index contributed by atoms with van der Waals surface area (Å²) in [6, 6.07) is 0. The van der Waals surface area contributed by atoms with E-state index < -0.39 is 17.6 Å².